The van der Waals surface area contributed by atoms with Crippen molar-refractivity contribution in [2.45, 2.75) is 32.6 Å². The molecule has 2 heteroatoms. The monoisotopic (exact) mass is 214 g/mol. The van der Waals surface area contributed by atoms with Gasteiger partial charge in [-0.3, -0.25) is 0 Å². The molecule has 0 amide bonds. The standard InChI is InChI=1S/C14H18N2/c1-3-6-12(2)13-7-4-8-14(11-13)16-10-5-9-15-16/h4-5,7-12H,3,6H2,1-2H3/t12-/m1/s1. The lowest BCUT2D eigenvalue weighted by Gasteiger charge is -2.12. The minimum Gasteiger partial charge on any atom is -0.241 e. The van der Waals surface area contributed by atoms with Crippen molar-refractivity contribution < 1.29 is 0 Å². The Morgan fingerprint density at radius 2 is 2.19 bits per heavy atom. The summed E-state index contributed by atoms with van der Waals surface area (Å²) in [7, 11) is 0. The van der Waals surface area contributed by atoms with E-state index in [1.807, 2.05) is 23.1 Å². The normalized spacial score (nSPS) is 12.6. The summed E-state index contributed by atoms with van der Waals surface area (Å²) in [4.78, 5) is 0. The number of hydrogen-bond acceptors (Lipinski definition) is 1. The highest BCUT2D eigenvalue weighted by molar-refractivity contribution is 5.36. The van der Waals surface area contributed by atoms with Gasteiger partial charge in [0.25, 0.3) is 0 Å². The average molecular weight is 214 g/mol. The third-order valence-corrected chi connectivity index (χ3v) is 2.93. The minimum absolute atomic E-state index is 0.625. The molecule has 2 nitrogen and oxygen atoms in total. The van der Waals surface area contributed by atoms with Gasteiger partial charge in [-0.05, 0) is 36.1 Å². The molecule has 0 aliphatic rings. The molecule has 1 aromatic carbocycles. The van der Waals surface area contributed by atoms with E-state index >= 15 is 0 Å². The highest BCUT2D eigenvalue weighted by atomic mass is 15.3. The number of aromatic nitrogens is 2. The third-order valence-electron chi connectivity index (χ3n) is 2.93. The Morgan fingerprint density at radius 3 is 2.88 bits per heavy atom. The van der Waals surface area contributed by atoms with Crippen LogP contribution >= 0.6 is 0 Å². The molecule has 0 N–H and O–H groups in total. The van der Waals surface area contributed by atoms with E-state index in [1.54, 1.807) is 0 Å². The minimum atomic E-state index is 0.625. The molecule has 0 saturated heterocycles. The van der Waals surface area contributed by atoms with Crippen LogP contribution < -0.4 is 0 Å². The van der Waals surface area contributed by atoms with Crippen molar-refractivity contribution in [1.29, 1.82) is 0 Å². The zero-order chi connectivity index (χ0) is 11.4. The number of hydrogen-bond donors (Lipinski definition) is 0. The van der Waals surface area contributed by atoms with Gasteiger partial charge >= 0.3 is 0 Å². The van der Waals surface area contributed by atoms with E-state index < -0.39 is 0 Å². The van der Waals surface area contributed by atoms with Crippen LogP contribution in [0.2, 0.25) is 0 Å². The Morgan fingerprint density at radius 1 is 1.31 bits per heavy atom. The highest BCUT2D eigenvalue weighted by Gasteiger charge is 2.05. The second-order valence-corrected chi connectivity index (χ2v) is 4.24. The van der Waals surface area contributed by atoms with Crippen LogP contribution in [0.3, 0.4) is 0 Å². The SMILES string of the molecule is CCC[C@@H](C)c1cccc(-n2cccn2)c1. The zero-order valence-electron chi connectivity index (χ0n) is 9.93. The molecule has 0 aliphatic heterocycles. The lowest BCUT2D eigenvalue weighted by Crippen LogP contribution is -1.98. The first kappa shape index (κ1) is 10.9. The number of nitrogens with zero attached hydrogens (tertiary/aromatic N) is 2. The molecular formula is C14H18N2. The molecule has 0 radical (unpaired) electrons. The molecule has 0 bridgehead atoms. The summed E-state index contributed by atoms with van der Waals surface area (Å²) in [6.45, 7) is 4.51. The lowest BCUT2D eigenvalue weighted by atomic mass is 9.96. The first-order valence-electron chi connectivity index (χ1n) is 5.91. The van der Waals surface area contributed by atoms with Crippen molar-refractivity contribution in [3.8, 4) is 5.69 Å². The third kappa shape index (κ3) is 2.32. The Labute approximate surface area is 96.9 Å². The van der Waals surface area contributed by atoms with Crippen LogP contribution in [0.15, 0.2) is 42.7 Å². The largest absolute Gasteiger partial charge is 0.241 e. The molecule has 1 aromatic heterocycles. The van der Waals surface area contributed by atoms with Crippen molar-refractivity contribution in [3.05, 3.63) is 48.3 Å². The first-order chi connectivity index (χ1) is 7.81. The Kier molecular flexibility index (Phi) is 3.40. The van der Waals surface area contributed by atoms with E-state index in [9.17, 15) is 0 Å². The topological polar surface area (TPSA) is 17.8 Å². The Bertz CT molecular complexity index is 432. The first-order valence-corrected chi connectivity index (χ1v) is 5.91. The molecule has 0 unspecified atom stereocenters. The molecule has 0 saturated carbocycles. The van der Waals surface area contributed by atoms with Crippen LogP contribution in [0.25, 0.3) is 5.69 Å². The molecule has 0 aliphatic carbocycles. The number of benzene rings is 1. The molecule has 0 fully saturated rings. The predicted molar refractivity (Wildman–Crippen MR) is 66.9 cm³/mol. The molecule has 84 valence electrons. The van der Waals surface area contributed by atoms with Gasteiger partial charge in [0.15, 0.2) is 0 Å². The van der Waals surface area contributed by atoms with Crippen molar-refractivity contribution >= 4 is 0 Å². The van der Waals surface area contributed by atoms with E-state index in [0.717, 1.165) is 5.69 Å². The van der Waals surface area contributed by atoms with Crippen LogP contribution in [0.4, 0.5) is 0 Å². The molecule has 1 atom stereocenters. The van der Waals surface area contributed by atoms with Gasteiger partial charge in [-0.15, -0.1) is 0 Å². The van der Waals surface area contributed by atoms with Crippen molar-refractivity contribution in [2.24, 2.45) is 0 Å². The summed E-state index contributed by atoms with van der Waals surface area (Å²) in [5.74, 6) is 0.625. The summed E-state index contributed by atoms with van der Waals surface area (Å²) in [5.41, 5.74) is 2.54. The van der Waals surface area contributed by atoms with E-state index in [2.05, 4.69) is 43.2 Å². The predicted octanol–water partition coefficient (Wildman–Crippen LogP) is 3.78. The molecule has 2 aromatic rings. The van der Waals surface area contributed by atoms with Gasteiger partial charge in [-0.25, -0.2) is 4.68 Å². The van der Waals surface area contributed by atoms with Gasteiger partial charge in [0.2, 0.25) is 0 Å². The van der Waals surface area contributed by atoms with Crippen LogP contribution in [-0.4, -0.2) is 9.78 Å². The quantitative estimate of drug-likeness (QED) is 0.757. The summed E-state index contributed by atoms with van der Waals surface area (Å²) in [6.07, 6.45) is 6.25. The molecule has 0 spiro atoms. The van der Waals surface area contributed by atoms with Crippen molar-refractivity contribution in [3.63, 3.8) is 0 Å². The van der Waals surface area contributed by atoms with Gasteiger partial charge in [0.05, 0.1) is 5.69 Å². The number of rotatable bonds is 4. The van der Waals surface area contributed by atoms with Crippen LogP contribution in [0.1, 0.15) is 38.2 Å². The molecule has 2 rings (SSSR count). The fourth-order valence-electron chi connectivity index (χ4n) is 2.00. The van der Waals surface area contributed by atoms with Crippen LogP contribution in [0.5, 0.6) is 0 Å². The van der Waals surface area contributed by atoms with Gasteiger partial charge < -0.3 is 0 Å². The lowest BCUT2D eigenvalue weighted by molar-refractivity contribution is 0.664. The van der Waals surface area contributed by atoms with Gasteiger partial charge in [0, 0.05) is 12.4 Å². The average Bonchev–Trinajstić information content (AvgIpc) is 2.83. The van der Waals surface area contributed by atoms with Gasteiger partial charge in [-0.1, -0.05) is 32.4 Å². The smallest absolute Gasteiger partial charge is 0.0648 e. The molecule has 16 heavy (non-hydrogen) atoms. The zero-order valence-corrected chi connectivity index (χ0v) is 9.93. The van der Waals surface area contributed by atoms with Crippen molar-refractivity contribution in [2.75, 3.05) is 0 Å². The maximum Gasteiger partial charge on any atom is 0.0648 e. The van der Waals surface area contributed by atoms with Crippen molar-refractivity contribution in [1.82, 2.24) is 9.78 Å². The maximum atomic E-state index is 4.25. The Hall–Kier alpha value is -1.57. The van der Waals surface area contributed by atoms with Gasteiger partial charge in [0.1, 0.15) is 0 Å². The summed E-state index contributed by atoms with van der Waals surface area (Å²) >= 11 is 0. The molecule has 1 heterocycles. The summed E-state index contributed by atoms with van der Waals surface area (Å²) in [5, 5.41) is 4.25. The van der Waals surface area contributed by atoms with E-state index in [1.165, 1.54) is 18.4 Å². The second-order valence-electron chi connectivity index (χ2n) is 4.24. The van der Waals surface area contributed by atoms with Crippen LogP contribution in [0, 0.1) is 0 Å². The highest BCUT2D eigenvalue weighted by Crippen LogP contribution is 2.22. The fraction of sp³-hybridized carbons (Fsp3) is 0.357. The summed E-state index contributed by atoms with van der Waals surface area (Å²) < 4.78 is 1.90. The van der Waals surface area contributed by atoms with Gasteiger partial charge in [-0.2, -0.15) is 5.10 Å². The van der Waals surface area contributed by atoms with E-state index in [0.29, 0.717) is 5.92 Å². The molecular weight excluding hydrogens is 196 g/mol. The fourth-order valence-corrected chi connectivity index (χ4v) is 2.00. The Balaban J connectivity index is 2.26. The van der Waals surface area contributed by atoms with Crippen LogP contribution in [-0.2, 0) is 0 Å². The van der Waals surface area contributed by atoms with E-state index in [4.69, 9.17) is 0 Å². The summed E-state index contributed by atoms with van der Waals surface area (Å²) in [6, 6.07) is 10.6. The second kappa shape index (κ2) is 4.97. The maximum absolute atomic E-state index is 4.25. The van der Waals surface area contributed by atoms with E-state index in [-0.39, 0.29) is 0 Å².